The number of alkyl halides is 3. The van der Waals surface area contributed by atoms with E-state index in [0.29, 0.717) is 5.82 Å². The number of amides is 3. The highest BCUT2D eigenvalue weighted by Crippen LogP contribution is 2.39. The Morgan fingerprint density at radius 3 is 2.55 bits per heavy atom. The van der Waals surface area contributed by atoms with Gasteiger partial charge in [-0.15, -0.1) is 0 Å². The van der Waals surface area contributed by atoms with Gasteiger partial charge >= 0.3 is 11.5 Å². The quantitative estimate of drug-likeness (QED) is 0.282. The zero-order chi connectivity index (χ0) is 27.1. The van der Waals surface area contributed by atoms with Crippen LogP contribution in [0.2, 0.25) is 0 Å². The Morgan fingerprint density at radius 1 is 1.08 bits per heavy atom. The molecule has 0 aliphatic carbocycles. The molecule has 1 aromatic heterocycles. The molecule has 2 aromatic carbocycles. The smallest absolute Gasteiger partial charge is 0.362 e. The fourth-order valence-electron chi connectivity index (χ4n) is 4.39. The molecule has 7 nitrogen and oxygen atoms in total. The van der Waals surface area contributed by atoms with Gasteiger partial charge < -0.3 is 15.5 Å². The maximum Gasteiger partial charge on any atom is 0.446 e. The number of imide groups is 1. The van der Waals surface area contributed by atoms with Crippen molar-refractivity contribution >= 4 is 47.0 Å². The van der Waals surface area contributed by atoms with Crippen molar-refractivity contribution in [3.63, 3.8) is 0 Å². The number of aromatic nitrogens is 1. The summed E-state index contributed by atoms with van der Waals surface area (Å²) in [4.78, 5) is 33.4. The van der Waals surface area contributed by atoms with Crippen LogP contribution in [0.1, 0.15) is 25.0 Å². The minimum Gasteiger partial charge on any atom is -0.362 e. The number of hydrogen-bond acceptors (Lipinski definition) is 6. The van der Waals surface area contributed by atoms with Crippen LogP contribution in [0.4, 0.5) is 35.2 Å². The van der Waals surface area contributed by atoms with E-state index in [1.807, 2.05) is 42.5 Å². The largest absolute Gasteiger partial charge is 0.446 e. The normalized spacial score (nSPS) is 18.4. The monoisotopic (exact) mass is 539 g/mol. The van der Waals surface area contributed by atoms with Crippen LogP contribution in [0.25, 0.3) is 6.08 Å². The number of nitrogens with one attached hydrogen (secondary N) is 2. The van der Waals surface area contributed by atoms with Gasteiger partial charge in [-0.05, 0) is 85.3 Å². The number of benzene rings is 2. The van der Waals surface area contributed by atoms with Gasteiger partial charge in [-0.1, -0.05) is 24.3 Å². The standard InChI is InChI=1S/C27H24F3N5O2S/c1-26(2)24(36)35(19-8-10-20(11-9-19)38-27(28,29)30)25(37)34(26)16-17-13-14-31-23(15-17)33-22-12-7-18-5-3-4-6-21(18)32-22/h3-15,22,32H,16H2,1-2H3,(H,31,33). The number of halogens is 3. The lowest BCUT2D eigenvalue weighted by atomic mass is 10.0. The zero-order valence-corrected chi connectivity index (χ0v) is 21.3. The molecule has 0 bridgehead atoms. The number of carbonyl (C=O) groups excluding carboxylic acids is 2. The van der Waals surface area contributed by atoms with E-state index in [1.54, 1.807) is 26.1 Å². The molecular formula is C27H24F3N5O2S. The number of para-hydroxylation sites is 1. The van der Waals surface area contributed by atoms with Crippen LogP contribution in [0, 0.1) is 0 Å². The summed E-state index contributed by atoms with van der Waals surface area (Å²) in [5.41, 5.74) is -2.52. The Hall–Kier alpha value is -3.99. The summed E-state index contributed by atoms with van der Waals surface area (Å²) in [5.74, 6) is 0.135. The van der Waals surface area contributed by atoms with Crippen LogP contribution in [-0.2, 0) is 11.3 Å². The Morgan fingerprint density at radius 2 is 1.82 bits per heavy atom. The first kappa shape index (κ1) is 25.7. The first-order valence-corrected chi connectivity index (χ1v) is 12.6. The van der Waals surface area contributed by atoms with Gasteiger partial charge in [0.2, 0.25) is 0 Å². The molecule has 2 aliphatic heterocycles. The maximum absolute atomic E-state index is 13.4. The molecule has 196 valence electrons. The van der Waals surface area contributed by atoms with E-state index in [0.717, 1.165) is 21.7 Å². The fourth-order valence-corrected chi connectivity index (χ4v) is 4.93. The van der Waals surface area contributed by atoms with Crippen molar-refractivity contribution in [1.29, 1.82) is 0 Å². The third kappa shape index (κ3) is 5.19. The Bertz CT molecular complexity index is 1410. The number of hydrogen-bond donors (Lipinski definition) is 2. The molecule has 0 spiro atoms. The van der Waals surface area contributed by atoms with E-state index in [2.05, 4.69) is 15.6 Å². The zero-order valence-electron chi connectivity index (χ0n) is 20.5. The first-order chi connectivity index (χ1) is 18.0. The van der Waals surface area contributed by atoms with Gasteiger partial charge in [-0.2, -0.15) is 13.2 Å². The molecule has 3 heterocycles. The van der Waals surface area contributed by atoms with E-state index in [9.17, 15) is 22.8 Å². The van der Waals surface area contributed by atoms with Crippen molar-refractivity contribution in [3.8, 4) is 0 Å². The van der Waals surface area contributed by atoms with Gasteiger partial charge in [0, 0.05) is 23.3 Å². The first-order valence-electron chi connectivity index (χ1n) is 11.8. The second-order valence-corrected chi connectivity index (χ2v) is 10.5. The lowest BCUT2D eigenvalue weighted by Gasteiger charge is -2.28. The summed E-state index contributed by atoms with van der Waals surface area (Å²) < 4.78 is 38.0. The average molecular weight is 540 g/mol. The van der Waals surface area contributed by atoms with Crippen LogP contribution >= 0.6 is 11.8 Å². The molecule has 1 fully saturated rings. The molecule has 38 heavy (non-hydrogen) atoms. The van der Waals surface area contributed by atoms with Crippen molar-refractivity contribution in [2.24, 2.45) is 0 Å². The molecule has 11 heteroatoms. The van der Waals surface area contributed by atoms with E-state index in [4.69, 9.17) is 0 Å². The summed E-state index contributed by atoms with van der Waals surface area (Å²) in [6.45, 7) is 3.44. The van der Waals surface area contributed by atoms with Crippen LogP contribution in [0.15, 0.2) is 77.8 Å². The lowest BCUT2D eigenvalue weighted by molar-refractivity contribution is -0.123. The van der Waals surface area contributed by atoms with Crippen LogP contribution in [0.5, 0.6) is 0 Å². The number of carbonyl (C=O) groups is 2. The van der Waals surface area contributed by atoms with Gasteiger partial charge in [0.15, 0.2) is 0 Å². The van der Waals surface area contributed by atoms with E-state index >= 15 is 0 Å². The highest BCUT2D eigenvalue weighted by atomic mass is 32.2. The summed E-state index contributed by atoms with van der Waals surface area (Å²) in [7, 11) is 0. The SMILES string of the molecule is CC1(C)C(=O)N(c2ccc(SC(F)(F)F)cc2)C(=O)N1Cc1ccnc(NC2C=Cc3ccccc3N2)c1. The van der Waals surface area contributed by atoms with Gasteiger partial charge in [0.1, 0.15) is 17.5 Å². The molecule has 3 aromatic rings. The number of rotatable bonds is 6. The van der Waals surface area contributed by atoms with Crippen molar-refractivity contribution in [2.75, 3.05) is 15.5 Å². The van der Waals surface area contributed by atoms with Crippen molar-refractivity contribution in [2.45, 2.75) is 42.5 Å². The fraction of sp³-hybridized carbons (Fsp3) is 0.222. The van der Waals surface area contributed by atoms with Crippen molar-refractivity contribution in [1.82, 2.24) is 9.88 Å². The van der Waals surface area contributed by atoms with Gasteiger partial charge in [-0.25, -0.2) is 14.7 Å². The molecule has 2 N–H and O–H groups in total. The number of fused-ring (bicyclic) bond motifs is 1. The minimum absolute atomic E-state index is 0.0286. The predicted octanol–water partition coefficient (Wildman–Crippen LogP) is 6.32. The number of urea groups is 1. The highest BCUT2D eigenvalue weighted by molar-refractivity contribution is 8.00. The van der Waals surface area contributed by atoms with Crippen molar-refractivity contribution < 1.29 is 22.8 Å². The molecule has 5 rings (SSSR count). The molecule has 3 amide bonds. The Kier molecular flexibility index (Phi) is 6.56. The molecule has 1 saturated heterocycles. The molecular weight excluding hydrogens is 515 g/mol. The second kappa shape index (κ2) is 9.71. The summed E-state index contributed by atoms with van der Waals surface area (Å²) in [6, 6.07) is 16.2. The van der Waals surface area contributed by atoms with Crippen molar-refractivity contribution in [3.05, 3.63) is 84.1 Å². The Labute approximate surface area is 221 Å². The number of nitrogens with zero attached hydrogens (tertiary/aromatic N) is 3. The molecule has 1 unspecified atom stereocenters. The maximum atomic E-state index is 13.4. The second-order valence-electron chi connectivity index (χ2n) is 9.37. The molecule has 1 atom stereocenters. The third-order valence-electron chi connectivity index (χ3n) is 6.36. The molecule has 0 radical (unpaired) electrons. The van der Waals surface area contributed by atoms with Crippen LogP contribution < -0.4 is 15.5 Å². The lowest BCUT2D eigenvalue weighted by Crippen LogP contribution is -2.43. The van der Waals surface area contributed by atoms with Crippen LogP contribution in [0.3, 0.4) is 0 Å². The predicted molar refractivity (Wildman–Crippen MR) is 142 cm³/mol. The highest BCUT2D eigenvalue weighted by Gasteiger charge is 2.51. The van der Waals surface area contributed by atoms with Gasteiger partial charge in [-0.3, -0.25) is 4.79 Å². The number of anilines is 3. The molecule has 2 aliphatic rings. The number of thioether (sulfide) groups is 1. The minimum atomic E-state index is -4.42. The van der Waals surface area contributed by atoms with Crippen LogP contribution in [-0.4, -0.2) is 39.0 Å². The van der Waals surface area contributed by atoms with Gasteiger partial charge in [0.05, 0.1) is 5.69 Å². The topological polar surface area (TPSA) is 77.6 Å². The average Bonchev–Trinajstić information content (AvgIpc) is 3.03. The summed E-state index contributed by atoms with van der Waals surface area (Å²) in [5, 5.41) is 6.70. The van der Waals surface area contributed by atoms with E-state index < -0.39 is 23.0 Å². The van der Waals surface area contributed by atoms with E-state index in [-0.39, 0.29) is 35.1 Å². The third-order valence-corrected chi connectivity index (χ3v) is 7.10. The summed E-state index contributed by atoms with van der Waals surface area (Å²) in [6.07, 6.45) is 5.45. The summed E-state index contributed by atoms with van der Waals surface area (Å²) >= 11 is -0.253. The van der Waals surface area contributed by atoms with E-state index in [1.165, 1.54) is 29.2 Å². The van der Waals surface area contributed by atoms with Gasteiger partial charge in [0.25, 0.3) is 5.91 Å². The molecule has 0 saturated carbocycles. The number of pyridine rings is 1. The Balaban J connectivity index is 1.31.